The number of nitrogens with one attached hydrogen (secondary N) is 2. The highest BCUT2D eigenvalue weighted by atomic mass is 16.6. The van der Waals surface area contributed by atoms with Crippen LogP contribution in [0.1, 0.15) is 23.8 Å². The molecule has 2 N–H and O–H groups in total. The predicted molar refractivity (Wildman–Crippen MR) is 85.4 cm³/mol. The van der Waals surface area contributed by atoms with Crippen LogP contribution in [0, 0.1) is 0 Å². The molecule has 0 radical (unpaired) electrons. The number of hydrogen-bond donors (Lipinski definition) is 2. The minimum atomic E-state index is -0.209. The van der Waals surface area contributed by atoms with Crippen molar-refractivity contribution in [2.24, 2.45) is 0 Å². The van der Waals surface area contributed by atoms with Crippen LogP contribution in [0.25, 0.3) is 0 Å². The topological polar surface area (TPSA) is 85.4 Å². The number of ether oxygens (including phenoxy) is 2. The summed E-state index contributed by atoms with van der Waals surface area (Å²) in [7, 11) is 0. The highest BCUT2D eigenvalue weighted by Crippen LogP contribution is 2.33. The van der Waals surface area contributed by atoms with E-state index in [-0.39, 0.29) is 5.91 Å². The number of carbonyl (C=O) groups excluding carboxylic acids is 1. The Bertz CT molecular complexity index is 705. The Labute approximate surface area is 134 Å². The van der Waals surface area contributed by atoms with E-state index in [4.69, 9.17) is 9.47 Å². The summed E-state index contributed by atoms with van der Waals surface area (Å²) in [6, 6.07) is 7.08. The van der Waals surface area contributed by atoms with Crippen molar-refractivity contribution >= 4 is 17.5 Å². The molecule has 7 heteroatoms. The van der Waals surface area contributed by atoms with E-state index in [0.717, 1.165) is 17.9 Å². The molecule has 0 fully saturated rings. The zero-order valence-corrected chi connectivity index (χ0v) is 12.8. The normalized spacial score (nSPS) is 12.6. The molecule has 0 saturated carbocycles. The Morgan fingerprint density at radius 2 is 2.04 bits per heavy atom. The van der Waals surface area contributed by atoms with Crippen LogP contribution in [-0.2, 0) is 0 Å². The van der Waals surface area contributed by atoms with Crippen molar-refractivity contribution in [3.05, 3.63) is 36.2 Å². The number of anilines is 2. The lowest BCUT2D eigenvalue weighted by Gasteiger charge is -2.19. The van der Waals surface area contributed by atoms with Gasteiger partial charge in [0.15, 0.2) is 11.5 Å². The van der Waals surface area contributed by atoms with E-state index < -0.39 is 0 Å². The van der Waals surface area contributed by atoms with Crippen molar-refractivity contribution in [1.29, 1.82) is 0 Å². The van der Waals surface area contributed by atoms with Crippen molar-refractivity contribution in [2.75, 3.05) is 25.1 Å². The van der Waals surface area contributed by atoms with E-state index in [2.05, 4.69) is 20.6 Å². The van der Waals surface area contributed by atoms with Gasteiger partial charge in [0.05, 0.1) is 0 Å². The molecule has 23 heavy (non-hydrogen) atoms. The number of nitrogens with zero attached hydrogens (tertiary/aromatic N) is 2. The van der Waals surface area contributed by atoms with Crippen molar-refractivity contribution < 1.29 is 14.3 Å². The van der Waals surface area contributed by atoms with Gasteiger partial charge in [-0.15, -0.1) is 0 Å². The number of carbonyl (C=O) groups is 1. The van der Waals surface area contributed by atoms with Gasteiger partial charge in [-0.2, -0.15) is 0 Å². The standard InChI is InChI=1S/C16H18N4O3/c1-2-6-17-15(21)12-5-7-18-16(20-12)19-11-3-4-13-14(10-11)23-9-8-22-13/h3-5,7,10H,2,6,8-9H2,1H3,(H,17,21)(H,18,19,20). The third-order valence-corrected chi connectivity index (χ3v) is 3.22. The second kappa shape index (κ2) is 6.95. The third kappa shape index (κ3) is 3.68. The van der Waals surface area contributed by atoms with Gasteiger partial charge in [-0.1, -0.05) is 6.92 Å². The highest BCUT2D eigenvalue weighted by molar-refractivity contribution is 5.92. The molecule has 0 atom stereocenters. The fourth-order valence-corrected chi connectivity index (χ4v) is 2.12. The van der Waals surface area contributed by atoms with E-state index in [1.165, 1.54) is 0 Å². The van der Waals surface area contributed by atoms with Crippen LogP contribution in [-0.4, -0.2) is 35.6 Å². The largest absolute Gasteiger partial charge is 0.486 e. The van der Waals surface area contributed by atoms with E-state index in [9.17, 15) is 4.79 Å². The lowest BCUT2D eigenvalue weighted by atomic mass is 10.2. The van der Waals surface area contributed by atoms with Gasteiger partial charge >= 0.3 is 0 Å². The monoisotopic (exact) mass is 314 g/mol. The molecule has 1 aliphatic rings. The van der Waals surface area contributed by atoms with Crippen molar-refractivity contribution in [3.63, 3.8) is 0 Å². The number of amides is 1. The second-order valence-electron chi connectivity index (χ2n) is 5.00. The number of aromatic nitrogens is 2. The first-order chi connectivity index (χ1) is 11.3. The first-order valence-electron chi connectivity index (χ1n) is 7.54. The molecule has 0 unspecified atom stereocenters. The molecule has 1 aromatic heterocycles. The summed E-state index contributed by atoms with van der Waals surface area (Å²) in [6.45, 7) is 3.70. The SMILES string of the molecule is CCCNC(=O)c1ccnc(Nc2ccc3c(c2)OCCO3)n1. The average Bonchev–Trinajstić information content (AvgIpc) is 2.60. The number of benzene rings is 1. The Kier molecular flexibility index (Phi) is 4.56. The number of rotatable bonds is 5. The van der Waals surface area contributed by atoms with Gasteiger partial charge in [0, 0.05) is 24.5 Å². The van der Waals surface area contributed by atoms with Gasteiger partial charge in [0.25, 0.3) is 5.91 Å². The second-order valence-corrected chi connectivity index (χ2v) is 5.00. The lowest BCUT2D eigenvalue weighted by molar-refractivity contribution is 0.0948. The van der Waals surface area contributed by atoms with Gasteiger partial charge in [-0.25, -0.2) is 9.97 Å². The Hall–Kier alpha value is -2.83. The van der Waals surface area contributed by atoms with Crippen molar-refractivity contribution in [2.45, 2.75) is 13.3 Å². The molecule has 1 aliphatic heterocycles. The maximum Gasteiger partial charge on any atom is 0.270 e. The summed E-state index contributed by atoms with van der Waals surface area (Å²) >= 11 is 0. The van der Waals surface area contributed by atoms with Crippen LogP contribution in [0.4, 0.5) is 11.6 Å². The molecular formula is C16H18N4O3. The molecule has 0 saturated heterocycles. The zero-order valence-electron chi connectivity index (χ0n) is 12.8. The minimum Gasteiger partial charge on any atom is -0.486 e. The molecule has 2 heterocycles. The number of hydrogen-bond acceptors (Lipinski definition) is 6. The molecule has 0 bridgehead atoms. The molecule has 1 amide bonds. The van der Waals surface area contributed by atoms with Crippen molar-refractivity contribution in [3.8, 4) is 11.5 Å². The van der Waals surface area contributed by atoms with E-state index in [0.29, 0.717) is 37.2 Å². The first-order valence-corrected chi connectivity index (χ1v) is 7.54. The average molecular weight is 314 g/mol. The molecule has 120 valence electrons. The molecular weight excluding hydrogens is 296 g/mol. The zero-order chi connectivity index (χ0) is 16.1. The van der Waals surface area contributed by atoms with Crippen LogP contribution >= 0.6 is 0 Å². The lowest BCUT2D eigenvalue weighted by Crippen LogP contribution is -2.25. The molecule has 0 aliphatic carbocycles. The van der Waals surface area contributed by atoms with Gasteiger partial charge < -0.3 is 20.1 Å². The third-order valence-electron chi connectivity index (χ3n) is 3.22. The Balaban J connectivity index is 1.74. The quantitative estimate of drug-likeness (QED) is 0.879. The van der Waals surface area contributed by atoms with Crippen LogP contribution < -0.4 is 20.1 Å². The van der Waals surface area contributed by atoms with E-state index >= 15 is 0 Å². The summed E-state index contributed by atoms with van der Waals surface area (Å²) in [5.41, 5.74) is 1.09. The molecule has 7 nitrogen and oxygen atoms in total. The first kappa shape index (κ1) is 15.1. The fraction of sp³-hybridized carbons (Fsp3) is 0.312. The summed E-state index contributed by atoms with van der Waals surface area (Å²) in [4.78, 5) is 20.3. The molecule has 2 aromatic rings. The van der Waals surface area contributed by atoms with Gasteiger partial charge in [0.2, 0.25) is 5.95 Å². The predicted octanol–water partition coefficient (Wildman–Crippen LogP) is 2.13. The van der Waals surface area contributed by atoms with E-state index in [1.807, 2.05) is 25.1 Å². The molecule has 3 rings (SSSR count). The van der Waals surface area contributed by atoms with Crippen LogP contribution in [0.15, 0.2) is 30.5 Å². The fourth-order valence-electron chi connectivity index (χ4n) is 2.12. The van der Waals surface area contributed by atoms with Crippen molar-refractivity contribution in [1.82, 2.24) is 15.3 Å². The van der Waals surface area contributed by atoms with Gasteiger partial charge in [-0.05, 0) is 24.6 Å². The Morgan fingerprint density at radius 3 is 2.87 bits per heavy atom. The number of fused-ring (bicyclic) bond motifs is 1. The molecule has 1 aromatic carbocycles. The summed E-state index contributed by atoms with van der Waals surface area (Å²) < 4.78 is 11.0. The summed E-state index contributed by atoms with van der Waals surface area (Å²) in [5.74, 6) is 1.54. The van der Waals surface area contributed by atoms with Crippen LogP contribution in [0.2, 0.25) is 0 Å². The minimum absolute atomic E-state index is 0.209. The van der Waals surface area contributed by atoms with Gasteiger partial charge in [-0.3, -0.25) is 4.79 Å². The van der Waals surface area contributed by atoms with Crippen LogP contribution in [0.3, 0.4) is 0 Å². The van der Waals surface area contributed by atoms with E-state index in [1.54, 1.807) is 12.3 Å². The summed E-state index contributed by atoms with van der Waals surface area (Å²) in [5, 5.41) is 5.85. The molecule has 0 spiro atoms. The van der Waals surface area contributed by atoms with Gasteiger partial charge in [0.1, 0.15) is 18.9 Å². The maximum atomic E-state index is 11.9. The smallest absolute Gasteiger partial charge is 0.270 e. The van der Waals surface area contributed by atoms with Crippen LogP contribution in [0.5, 0.6) is 11.5 Å². The Morgan fingerprint density at radius 1 is 1.22 bits per heavy atom. The maximum absolute atomic E-state index is 11.9. The summed E-state index contributed by atoms with van der Waals surface area (Å²) in [6.07, 6.45) is 2.42. The highest BCUT2D eigenvalue weighted by Gasteiger charge is 2.13.